The number of nitrogens with zero attached hydrogens (tertiary/aromatic N) is 1. The highest BCUT2D eigenvalue weighted by atomic mass is 32.2. The molecule has 5 nitrogen and oxygen atoms in total. The van der Waals surface area contributed by atoms with Gasteiger partial charge in [0.05, 0.1) is 0 Å². The lowest BCUT2D eigenvalue weighted by molar-refractivity contribution is -0.126. The van der Waals surface area contributed by atoms with Gasteiger partial charge in [-0.1, -0.05) is 50.2 Å². The smallest absolute Gasteiger partial charge is 0.252 e. The summed E-state index contributed by atoms with van der Waals surface area (Å²) < 4.78 is 27.1. The van der Waals surface area contributed by atoms with Crippen molar-refractivity contribution in [1.29, 1.82) is 0 Å². The van der Waals surface area contributed by atoms with E-state index in [1.54, 1.807) is 17.5 Å². The van der Waals surface area contributed by atoms with E-state index < -0.39 is 10.0 Å². The summed E-state index contributed by atoms with van der Waals surface area (Å²) in [5.74, 6) is 0.595. The zero-order valence-corrected chi connectivity index (χ0v) is 18.0. The first-order valence-corrected chi connectivity index (χ1v) is 12.1. The summed E-state index contributed by atoms with van der Waals surface area (Å²) in [5.41, 5.74) is 1.23. The molecule has 28 heavy (non-hydrogen) atoms. The maximum Gasteiger partial charge on any atom is 0.252 e. The highest BCUT2D eigenvalue weighted by Crippen LogP contribution is 2.27. The Morgan fingerprint density at radius 2 is 1.82 bits per heavy atom. The number of sulfonamides is 1. The molecule has 1 unspecified atom stereocenters. The number of hydrogen-bond acceptors (Lipinski definition) is 4. The lowest BCUT2D eigenvalue weighted by Gasteiger charge is -2.30. The molecule has 1 amide bonds. The molecule has 152 valence electrons. The van der Waals surface area contributed by atoms with Crippen molar-refractivity contribution in [1.82, 2.24) is 9.62 Å². The van der Waals surface area contributed by atoms with Gasteiger partial charge in [-0.3, -0.25) is 4.79 Å². The van der Waals surface area contributed by atoms with Crippen LogP contribution in [0.25, 0.3) is 0 Å². The minimum Gasteiger partial charge on any atom is -0.355 e. The van der Waals surface area contributed by atoms with Gasteiger partial charge in [-0.05, 0) is 35.8 Å². The van der Waals surface area contributed by atoms with Crippen LogP contribution in [0.15, 0.2) is 52.1 Å². The Bertz CT molecular complexity index is 856. The number of rotatable bonds is 7. The molecule has 0 bridgehead atoms. The van der Waals surface area contributed by atoms with Gasteiger partial charge >= 0.3 is 0 Å². The second kappa shape index (κ2) is 9.20. The highest BCUT2D eigenvalue weighted by molar-refractivity contribution is 7.91. The van der Waals surface area contributed by atoms with Gasteiger partial charge in [-0.2, -0.15) is 4.31 Å². The van der Waals surface area contributed by atoms with Gasteiger partial charge in [0.15, 0.2) is 0 Å². The average Bonchev–Trinajstić information content (AvgIpc) is 3.24. The SMILES string of the molecule is CC(C)C(CNC(=O)C1CCN(S(=O)(=O)c2cccs2)CC1)c1ccccc1. The molecule has 1 N–H and O–H groups in total. The van der Waals surface area contributed by atoms with Crippen molar-refractivity contribution >= 4 is 27.3 Å². The summed E-state index contributed by atoms with van der Waals surface area (Å²) in [6.45, 7) is 5.72. The Hall–Kier alpha value is -1.70. The molecule has 2 heterocycles. The molecule has 1 saturated heterocycles. The number of benzene rings is 1. The number of carbonyl (C=O) groups excluding carboxylic acids is 1. The van der Waals surface area contributed by atoms with E-state index in [2.05, 4.69) is 31.3 Å². The normalized spacial score (nSPS) is 17.5. The van der Waals surface area contributed by atoms with E-state index in [0.717, 1.165) is 0 Å². The van der Waals surface area contributed by atoms with E-state index in [1.165, 1.54) is 21.2 Å². The van der Waals surface area contributed by atoms with Crippen LogP contribution in [-0.4, -0.2) is 38.3 Å². The summed E-state index contributed by atoms with van der Waals surface area (Å²) >= 11 is 1.23. The first-order chi connectivity index (χ1) is 13.4. The lowest BCUT2D eigenvalue weighted by Crippen LogP contribution is -2.43. The van der Waals surface area contributed by atoms with Crippen LogP contribution in [0.4, 0.5) is 0 Å². The summed E-state index contributed by atoms with van der Waals surface area (Å²) in [7, 11) is -3.42. The Kier molecular flexibility index (Phi) is 6.91. The van der Waals surface area contributed by atoms with Crippen LogP contribution in [0.3, 0.4) is 0 Å². The summed E-state index contributed by atoms with van der Waals surface area (Å²) in [4.78, 5) is 12.7. The second-order valence-electron chi connectivity index (χ2n) is 7.62. The molecule has 1 atom stereocenters. The Labute approximate surface area is 171 Å². The van der Waals surface area contributed by atoms with Crippen molar-refractivity contribution in [2.24, 2.45) is 11.8 Å². The van der Waals surface area contributed by atoms with E-state index in [0.29, 0.717) is 42.6 Å². The molecular weight excluding hydrogens is 392 g/mol. The third kappa shape index (κ3) is 4.82. The van der Waals surface area contributed by atoms with Crippen LogP contribution in [0.5, 0.6) is 0 Å². The van der Waals surface area contributed by atoms with Crippen LogP contribution < -0.4 is 5.32 Å². The van der Waals surface area contributed by atoms with E-state index in [-0.39, 0.29) is 17.7 Å². The van der Waals surface area contributed by atoms with Crippen LogP contribution in [0.1, 0.15) is 38.2 Å². The number of carbonyl (C=O) groups is 1. The molecular formula is C21H28N2O3S2. The number of hydrogen-bond donors (Lipinski definition) is 1. The predicted molar refractivity (Wildman–Crippen MR) is 113 cm³/mol. The third-order valence-corrected chi connectivity index (χ3v) is 8.71. The van der Waals surface area contributed by atoms with Gasteiger partial charge in [0.25, 0.3) is 10.0 Å². The van der Waals surface area contributed by atoms with Crippen molar-refractivity contribution in [2.45, 2.75) is 36.8 Å². The summed E-state index contributed by atoms with van der Waals surface area (Å²) in [6, 6.07) is 13.6. The van der Waals surface area contributed by atoms with Gasteiger partial charge in [0, 0.05) is 31.5 Å². The summed E-state index contributed by atoms with van der Waals surface area (Å²) in [6.07, 6.45) is 1.13. The zero-order chi connectivity index (χ0) is 20.1. The van der Waals surface area contributed by atoms with Gasteiger partial charge in [0.2, 0.25) is 5.91 Å². The molecule has 1 fully saturated rings. The molecule has 7 heteroatoms. The largest absolute Gasteiger partial charge is 0.355 e. The fraction of sp³-hybridized carbons (Fsp3) is 0.476. The van der Waals surface area contributed by atoms with E-state index in [1.807, 2.05) is 18.2 Å². The minimum atomic E-state index is -3.42. The zero-order valence-electron chi connectivity index (χ0n) is 16.4. The number of piperidine rings is 1. The maximum absolute atomic E-state index is 12.7. The molecule has 3 rings (SSSR count). The first kappa shape index (κ1) is 21.0. The van der Waals surface area contributed by atoms with E-state index in [4.69, 9.17) is 0 Å². The van der Waals surface area contributed by atoms with Crippen molar-refractivity contribution in [2.75, 3.05) is 19.6 Å². The van der Waals surface area contributed by atoms with Gasteiger partial charge in [-0.25, -0.2) is 8.42 Å². The standard InChI is InChI=1S/C21H28N2O3S2/c1-16(2)19(17-7-4-3-5-8-17)15-22-21(24)18-10-12-23(13-11-18)28(25,26)20-9-6-14-27-20/h3-9,14,16,18-19H,10-13,15H2,1-2H3,(H,22,24). The van der Waals surface area contributed by atoms with Gasteiger partial charge in [-0.15, -0.1) is 11.3 Å². The number of amides is 1. The van der Waals surface area contributed by atoms with Crippen molar-refractivity contribution in [3.8, 4) is 0 Å². The average molecular weight is 421 g/mol. The fourth-order valence-corrected chi connectivity index (χ4v) is 6.30. The quantitative estimate of drug-likeness (QED) is 0.743. The van der Waals surface area contributed by atoms with Gasteiger partial charge < -0.3 is 5.32 Å². The minimum absolute atomic E-state index is 0.0368. The molecule has 0 spiro atoms. The third-order valence-electron chi connectivity index (χ3n) is 5.44. The Balaban J connectivity index is 1.54. The molecule has 2 aromatic rings. The monoisotopic (exact) mass is 420 g/mol. The predicted octanol–water partition coefficient (Wildman–Crippen LogP) is 3.70. The topological polar surface area (TPSA) is 66.5 Å². The molecule has 1 aromatic carbocycles. The van der Waals surface area contributed by atoms with Crippen LogP contribution >= 0.6 is 11.3 Å². The molecule has 0 radical (unpaired) electrons. The summed E-state index contributed by atoms with van der Waals surface area (Å²) in [5, 5.41) is 4.88. The first-order valence-electron chi connectivity index (χ1n) is 9.76. The van der Waals surface area contributed by atoms with Crippen molar-refractivity contribution in [3.63, 3.8) is 0 Å². The molecule has 1 aliphatic heterocycles. The number of thiophene rings is 1. The lowest BCUT2D eigenvalue weighted by atomic mass is 9.88. The van der Waals surface area contributed by atoms with Crippen LogP contribution in [0.2, 0.25) is 0 Å². The molecule has 1 aliphatic rings. The fourth-order valence-electron chi connectivity index (χ4n) is 3.69. The van der Waals surface area contributed by atoms with Crippen LogP contribution in [-0.2, 0) is 14.8 Å². The Morgan fingerprint density at radius 1 is 1.14 bits per heavy atom. The van der Waals surface area contributed by atoms with Crippen LogP contribution in [0, 0.1) is 11.8 Å². The second-order valence-corrected chi connectivity index (χ2v) is 10.7. The highest BCUT2D eigenvalue weighted by Gasteiger charge is 2.32. The molecule has 0 saturated carbocycles. The number of nitrogens with one attached hydrogen (secondary N) is 1. The molecule has 0 aliphatic carbocycles. The van der Waals surface area contributed by atoms with E-state index >= 15 is 0 Å². The Morgan fingerprint density at radius 3 is 2.39 bits per heavy atom. The van der Waals surface area contributed by atoms with E-state index in [9.17, 15) is 13.2 Å². The molecule has 1 aromatic heterocycles. The van der Waals surface area contributed by atoms with Crippen molar-refractivity contribution in [3.05, 3.63) is 53.4 Å². The van der Waals surface area contributed by atoms with Gasteiger partial charge in [0.1, 0.15) is 4.21 Å². The maximum atomic E-state index is 12.7. The van der Waals surface area contributed by atoms with Crippen molar-refractivity contribution < 1.29 is 13.2 Å².